The zero-order chi connectivity index (χ0) is 22.0. The van der Waals surface area contributed by atoms with Gasteiger partial charge < -0.3 is 19.8 Å². The number of nitrogens with zero attached hydrogens (tertiary/aromatic N) is 1. The SMILES string of the molecule is CCOC(=O)c1c(NC(=O)CSc2nc3ccc(OC)cc3[nH]2)sc2c1CCC(C)C2. The molecule has 0 bridgehead atoms. The zero-order valence-electron chi connectivity index (χ0n) is 17.7. The number of hydrogen-bond acceptors (Lipinski definition) is 7. The van der Waals surface area contributed by atoms with Crippen molar-refractivity contribution in [3.05, 3.63) is 34.2 Å². The van der Waals surface area contributed by atoms with Gasteiger partial charge in [0.15, 0.2) is 5.16 Å². The summed E-state index contributed by atoms with van der Waals surface area (Å²) in [5, 5.41) is 4.19. The molecule has 0 aliphatic heterocycles. The first-order chi connectivity index (χ1) is 15.0. The Morgan fingerprint density at radius 1 is 1.39 bits per heavy atom. The van der Waals surface area contributed by atoms with Crippen LogP contribution in [-0.4, -0.2) is 41.3 Å². The molecule has 1 aliphatic rings. The van der Waals surface area contributed by atoms with Gasteiger partial charge in [-0.2, -0.15) is 0 Å². The molecule has 0 saturated heterocycles. The van der Waals surface area contributed by atoms with Gasteiger partial charge in [-0.05, 0) is 49.8 Å². The lowest BCUT2D eigenvalue weighted by Gasteiger charge is -2.18. The maximum Gasteiger partial charge on any atom is 0.341 e. The van der Waals surface area contributed by atoms with E-state index < -0.39 is 0 Å². The van der Waals surface area contributed by atoms with Crippen LogP contribution in [0.15, 0.2) is 23.4 Å². The molecule has 2 heterocycles. The maximum atomic E-state index is 12.7. The van der Waals surface area contributed by atoms with E-state index in [2.05, 4.69) is 22.2 Å². The molecule has 1 unspecified atom stereocenters. The van der Waals surface area contributed by atoms with Gasteiger partial charge in [-0.1, -0.05) is 18.7 Å². The average molecular weight is 460 g/mol. The Hall–Kier alpha value is -2.52. The smallest absolute Gasteiger partial charge is 0.341 e. The fraction of sp³-hybridized carbons (Fsp3) is 0.409. The molecule has 9 heteroatoms. The number of imidazole rings is 1. The summed E-state index contributed by atoms with van der Waals surface area (Å²) in [7, 11) is 1.62. The van der Waals surface area contributed by atoms with E-state index in [4.69, 9.17) is 9.47 Å². The number of thioether (sulfide) groups is 1. The first-order valence-corrected chi connectivity index (χ1v) is 12.1. The summed E-state index contributed by atoms with van der Waals surface area (Å²) in [4.78, 5) is 34.1. The molecule has 1 aliphatic carbocycles. The molecule has 7 nitrogen and oxygen atoms in total. The van der Waals surface area contributed by atoms with Crippen LogP contribution in [0.4, 0.5) is 5.00 Å². The predicted octanol–water partition coefficient (Wildman–Crippen LogP) is 4.67. The second kappa shape index (κ2) is 9.32. The number of rotatable bonds is 7. The van der Waals surface area contributed by atoms with Gasteiger partial charge in [-0.15, -0.1) is 11.3 Å². The lowest BCUT2D eigenvalue weighted by Crippen LogP contribution is -2.17. The molecule has 0 radical (unpaired) electrons. The van der Waals surface area contributed by atoms with Crippen molar-refractivity contribution in [3.63, 3.8) is 0 Å². The van der Waals surface area contributed by atoms with Crippen molar-refractivity contribution in [2.75, 3.05) is 24.8 Å². The normalized spacial score (nSPS) is 15.5. The van der Waals surface area contributed by atoms with Crippen molar-refractivity contribution >= 4 is 51.0 Å². The van der Waals surface area contributed by atoms with Crippen molar-refractivity contribution in [3.8, 4) is 5.75 Å². The van der Waals surface area contributed by atoms with Gasteiger partial charge in [-0.3, -0.25) is 4.79 Å². The number of H-pyrrole nitrogens is 1. The van der Waals surface area contributed by atoms with Gasteiger partial charge in [0.1, 0.15) is 10.8 Å². The minimum Gasteiger partial charge on any atom is -0.497 e. The van der Waals surface area contributed by atoms with E-state index in [9.17, 15) is 9.59 Å². The second-order valence-electron chi connectivity index (χ2n) is 7.54. The van der Waals surface area contributed by atoms with E-state index in [1.165, 1.54) is 28.0 Å². The van der Waals surface area contributed by atoms with E-state index >= 15 is 0 Å². The molecule has 164 valence electrons. The van der Waals surface area contributed by atoms with Crippen molar-refractivity contribution in [1.29, 1.82) is 0 Å². The highest BCUT2D eigenvalue weighted by molar-refractivity contribution is 7.99. The Bertz CT molecular complexity index is 1120. The third kappa shape index (κ3) is 4.72. The van der Waals surface area contributed by atoms with Crippen LogP contribution in [0.2, 0.25) is 0 Å². The quantitative estimate of drug-likeness (QED) is 0.394. The van der Waals surface area contributed by atoms with Crippen molar-refractivity contribution in [1.82, 2.24) is 9.97 Å². The summed E-state index contributed by atoms with van der Waals surface area (Å²) in [5.41, 5.74) is 3.24. The summed E-state index contributed by atoms with van der Waals surface area (Å²) in [6, 6.07) is 5.59. The number of carbonyl (C=O) groups is 2. The number of methoxy groups -OCH3 is 1. The molecule has 1 aromatic carbocycles. The fourth-order valence-corrected chi connectivity index (χ4v) is 5.82. The van der Waals surface area contributed by atoms with Crippen molar-refractivity contribution < 1.29 is 19.1 Å². The van der Waals surface area contributed by atoms with E-state index in [1.807, 2.05) is 18.2 Å². The molecule has 4 rings (SSSR count). The predicted molar refractivity (Wildman–Crippen MR) is 123 cm³/mol. The summed E-state index contributed by atoms with van der Waals surface area (Å²) < 4.78 is 10.5. The molecule has 1 amide bonds. The number of hydrogen-bond donors (Lipinski definition) is 2. The molecule has 1 atom stereocenters. The summed E-state index contributed by atoms with van der Waals surface area (Å²) >= 11 is 2.81. The van der Waals surface area contributed by atoms with E-state index in [1.54, 1.807) is 14.0 Å². The minimum atomic E-state index is -0.358. The Morgan fingerprint density at radius 3 is 3.00 bits per heavy atom. The Labute approximate surface area is 188 Å². The van der Waals surface area contributed by atoms with Gasteiger partial charge in [0.05, 0.1) is 36.1 Å². The zero-order valence-corrected chi connectivity index (χ0v) is 19.4. The van der Waals surface area contributed by atoms with Crippen molar-refractivity contribution in [2.24, 2.45) is 5.92 Å². The highest BCUT2D eigenvalue weighted by Gasteiger charge is 2.29. The molecule has 0 saturated carbocycles. The van der Waals surface area contributed by atoms with Crippen LogP contribution in [0.3, 0.4) is 0 Å². The highest BCUT2D eigenvalue weighted by atomic mass is 32.2. The lowest BCUT2D eigenvalue weighted by molar-refractivity contribution is -0.113. The number of thiophene rings is 1. The lowest BCUT2D eigenvalue weighted by atomic mass is 9.88. The Balaban J connectivity index is 1.47. The molecule has 3 aromatic rings. The third-order valence-electron chi connectivity index (χ3n) is 5.25. The standard InChI is InChI=1S/C22H25N3O4S2/c1-4-29-21(27)19-14-7-5-12(2)9-17(14)31-20(19)25-18(26)11-30-22-23-15-8-6-13(28-3)10-16(15)24-22/h6,8,10,12H,4-5,7,9,11H2,1-3H3,(H,23,24)(H,25,26). The number of benzene rings is 1. The first-order valence-electron chi connectivity index (χ1n) is 10.3. The Morgan fingerprint density at radius 2 is 2.23 bits per heavy atom. The maximum absolute atomic E-state index is 12.7. The Kier molecular flexibility index (Phi) is 6.52. The molecule has 31 heavy (non-hydrogen) atoms. The monoisotopic (exact) mass is 459 g/mol. The van der Waals surface area contributed by atoms with E-state index in [-0.39, 0.29) is 17.6 Å². The van der Waals surface area contributed by atoms with Crippen molar-refractivity contribution in [2.45, 2.75) is 38.3 Å². The number of fused-ring (bicyclic) bond motifs is 2. The topological polar surface area (TPSA) is 93.3 Å². The highest BCUT2D eigenvalue weighted by Crippen LogP contribution is 2.40. The fourth-order valence-electron chi connectivity index (χ4n) is 3.72. The number of nitrogens with one attached hydrogen (secondary N) is 2. The number of aromatic amines is 1. The van der Waals surface area contributed by atoms with Gasteiger partial charge in [-0.25, -0.2) is 9.78 Å². The average Bonchev–Trinajstić information content (AvgIpc) is 3.31. The van der Waals surface area contributed by atoms with Crippen LogP contribution >= 0.6 is 23.1 Å². The summed E-state index contributed by atoms with van der Waals surface area (Å²) in [5.74, 6) is 0.960. The largest absolute Gasteiger partial charge is 0.497 e. The van der Waals surface area contributed by atoms with Crippen LogP contribution in [0.5, 0.6) is 5.75 Å². The van der Waals surface area contributed by atoms with E-state index in [0.717, 1.165) is 41.6 Å². The van der Waals surface area contributed by atoms with E-state index in [0.29, 0.717) is 28.2 Å². The molecule has 0 spiro atoms. The number of carbonyl (C=O) groups excluding carboxylic acids is 2. The molecular formula is C22H25N3O4S2. The molecular weight excluding hydrogens is 434 g/mol. The first kappa shape index (κ1) is 21.7. The number of ether oxygens (including phenoxy) is 2. The van der Waals surface area contributed by atoms with Crippen LogP contribution in [0, 0.1) is 5.92 Å². The van der Waals surface area contributed by atoms with Gasteiger partial charge in [0.2, 0.25) is 5.91 Å². The summed E-state index contributed by atoms with van der Waals surface area (Å²) in [6.07, 6.45) is 2.81. The number of amides is 1. The second-order valence-corrected chi connectivity index (χ2v) is 9.61. The van der Waals surface area contributed by atoms with Crippen LogP contribution in [0.1, 0.15) is 41.1 Å². The number of esters is 1. The molecule has 2 aromatic heterocycles. The molecule has 2 N–H and O–H groups in total. The van der Waals surface area contributed by atoms with Gasteiger partial charge >= 0.3 is 5.97 Å². The third-order valence-corrected chi connectivity index (χ3v) is 7.29. The number of aromatic nitrogens is 2. The van der Waals surface area contributed by atoms with Gasteiger partial charge in [0, 0.05) is 10.9 Å². The van der Waals surface area contributed by atoms with Crippen LogP contribution in [0.25, 0.3) is 11.0 Å². The summed E-state index contributed by atoms with van der Waals surface area (Å²) in [6.45, 7) is 4.31. The van der Waals surface area contributed by atoms with Gasteiger partial charge in [0.25, 0.3) is 0 Å². The van der Waals surface area contributed by atoms with Crippen LogP contribution in [-0.2, 0) is 22.4 Å². The van der Waals surface area contributed by atoms with Crippen LogP contribution < -0.4 is 10.1 Å². The number of anilines is 1. The molecule has 0 fully saturated rings. The minimum absolute atomic E-state index is 0.179.